The number of nitrogens with two attached hydrogens (primary N) is 1. The number of halogens is 6. The SMILES string of the molecule is CC(F)CN(N(F)F)N(N)c1ccnc2nc(-c3cc(F)c(F)cc3F)nn12. The first-order chi connectivity index (χ1) is 13.2. The predicted octanol–water partition coefficient (Wildman–Crippen LogP) is 2.45. The maximum absolute atomic E-state index is 14.0. The molecule has 2 aromatic heterocycles. The van der Waals surface area contributed by atoms with E-state index in [2.05, 4.69) is 15.1 Å². The fourth-order valence-corrected chi connectivity index (χ4v) is 2.33. The van der Waals surface area contributed by atoms with Crippen molar-refractivity contribution >= 4 is 11.6 Å². The van der Waals surface area contributed by atoms with E-state index in [4.69, 9.17) is 5.84 Å². The van der Waals surface area contributed by atoms with Crippen LogP contribution in [0.25, 0.3) is 17.2 Å². The zero-order chi connectivity index (χ0) is 20.6. The molecular formula is C14H12F6N8. The average molecular weight is 406 g/mol. The summed E-state index contributed by atoms with van der Waals surface area (Å²) in [5, 5.41) is 4.31. The van der Waals surface area contributed by atoms with Gasteiger partial charge in [0.15, 0.2) is 23.3 Å². The van der Waals surface area contributed by atoms with Crippen molar-refractivity contribution in [3.05, 3.63) is 41.8 Å². The van der Waals surface area contributed by atoms with Gasteiger partial charge in [0.05, 0.1) is 12.1 Å². The van der Waals surface area contributed by atoms with Crippen LogP contribution in [0.15, 0.2) is 24.4 Å². The van der Waals surface area contributed by atoms with Crippen LogP contribution in [0.1, 0.15) is 6.92 Å². The van der Waals surface area contributed by atoms with Crippen LogP contribution in [0, 0.1) is 17.5 Å². The predicted molar refractivity (Wildman–Crippen MR) is 84.1 cm³/mol. The lowest BCUT2D eigenvalue weighted by atomic mass is 10.2. The molecule has 0 radical (unpaired) electrons. The van der Waals surface area contributed by atoms with Gasteiger partial charge >= 0.3 is 0 Å². The molecule has 0 saturated carbocycles. The molecule has 0 spiro atoms. The van der Waals surface area contributed by atoms with Crippen molar-refractivity contribution in [3.63, 3.8) is 0 Å². The molecule has 0 saturated heterocycles. The van der Waals surface area contributed by atoms with E-state index in [0.717, 1.165) is 23.7 Å². The summed E-state index contributed by atoms with van der Waals surface area (Å²) in [6.45, 7) is 0.249. The zero-order valence-electron chi connectivity index (χ0n) is 14.1. The highest BCUT2D eigenvalue weighted by Gasteiger charge is 2.26. The van der Waals surface area contributed by atoms with E-state index in [-0.39, 0.29) is 16.7 Å². The monoisotopic (exact) mass is 406 g/mol. The topological polar surface area (TPSA) is 78.8 Å². The van der Waals surface area contributed by atoms with Gasteiger partial charge in [-0.3, -0.25) is 0 Å². The fourth-order valence-electron chi connectivity index (χ4n) is 2.33. The lowest BCUT2D eigenvalue weighted by molar-refractivity contribution is -0.309. The molecule has 14 heteroatoms. The van der Waals surface area contributed by atoms with E-state index in [1.807, 2.05) is 0 Å². The molecule has 3 rings (SSSR count). The van der Waals surface area contributed by atoms with E-state index in [1.54, 1.807) is 0 Å². The Kier molecular flexibility index (Phi) is 5.35. The molecule has 2 N–H and O–H groups in total. The molecule has 0 bridgehead atoms. The van der Waals surface area contributed by atoms with Crippen LogP contribution in [-0.4, -0.2) is 42.9 Å². The van der Waals surface area contributed by atoms with Crippen LogP contribution in [0.3, 0.4) is 0 Å². The normalized spacial score (nSPS) is 12.9. The molecule has 8 nitrogen and oxygen atoms in total. The second kappa shape index (κ2) is 7.57. The van der Waals surface area contributed by atoms with Crippen LogP contribution < -0.4 is 11.0 Å². The number of hydrazine groups is 3. The number of hydrogen-bond donors (Lipinski definition) is 1. The summed E-state index contributed by atoms with van der Waals surface area (Å²) in [7, 11) is 0. The second-order valence-corrected chi connectivity index (χ2v) is 5.59. The number of alkyl halides is 1. The molecule has 0 aliphatic heterocycles. The van der Waals surface area contributed by atoms with Gasteiger partial charge in [-0.1, -0.05) is 14.1 Å². The quantitative estimate of drug-likeness (QED) is 0.222. The molecule has 0 fully saturated rings. The molecule has 1 unspecified atom stereocenters. The van der Waals surface area contributed by atoms with Crippen molar-refractivity contribution < 1.29 is 26.5 Å². The van der Waals surface area contributed by atoms with E-state index < -0.39 is 47.0 Å². The third kappa shape index (κ3) is 3.69. The number of fused-ring (bicyclic) bond motifs is 1. The summed E-state index contributed by atoms with van der Waals surface area (Å²) < 4.78 is 80.8. The van der Waals surface area contributed by atoms with Crippen molar-refractivity contribution in [2.75, 3.05) is 11.7 Å². The van der Waals surface area contributed by atoms with Gasteiger partial charge in [-0.05, 0) is 13.0 Å². The zero-order valence-corrected chi connectivity index (χ0v) is 14.1. The Bertz CT molecular complexity index is 993. The summed E-state index contributed by atoms with van der Waals surface area (Å²) in [4.78, 5) is 7.69. The fraction of sp³-hybridized carbons (Fsp3) is 0.214. The van der Waals surface area contributed by atoms with E-state index in [1.165, 1.54) is 0 Å². The summed E-state index contributed by atoms with van der Waals surface area (Å²) in [6, 6.07) is 2.02. The first-order valence-electron chi connectivity index (χ1n) is 7.63. The van der Waals surface area contributed by atoms with Gasteiger partial charge in [0.25, 0.3) is 5.78 Å². The number of anilines is 1. The minimum absolute atomic E-state index is 0.0684. The minimum Gasteiger partial charge on any atom is -0.246 e. The van der Waals surface area contributed by atoms with Crippen LogP contribution >= 0.6 is 0 Å². The van der Waals surface area contributed by atoms with Crippen molar-refractivity contribution in [2.24, 2.45) is 5.84 Å². The van der Waals surface area contributed by atoms with Crippen molar-refractivity contribution in [3.8, 4) is 11.4 Å². The van der Waals surface area contributed by atoms with Crippen molar-refractivity contribution in [1.29, 1.82) is 0 Å². The molecule has 0 aliphatic rings. The number of nitrogens with zero attached hydrogens (tertiary/aromatic N) is 7. The molecule has 1 aromatic carbocycles. The first kappa shape index (κ1) is 19.8. The summed E-state index contributed by atoms with van der Waals surface area (Å²) in [6.07, 6.45) is -0.525. The maximum atomic E-state index is 14.0. The minimum atomic E-state index is -1.67. The lowest BCUT2D eigenvalue weighted by Gasteiger charge is -2.30. The molecule has 1 atom stereocenters. The van der Waals surface area contributed by atoms with Gasteiger partial charge in [0.1, 0.15) is 17.4 Å². The molecule has 0 aliphatic carbocycles. The van der Waals surface area contributed by atoms with Crippen LogP contribution in [0.2, 0.25) is 0 Å². The van der Waals surface area contributed by atoms with Crippen LogP contribution in [-0.2, 0) is 0 Å². The molecular weight excluding hydrogens is 394 g/mol. The van der Waals surface area contributed by atoms with Gasteiger partial charge in [-0.25, -0.2) is 33.5 Å². The molecule has 3 aromatic rings. The van der Waals surface area contributed by atoms with Gasteiger partial charge < -0.3 is 0 Å². The smallest absolute Gasteiger partial charge is 0.246 e. The lowest BCUT2D eigenvalue weighted by Crippen LogP contribution is -2.54. The highest BCUT2D eigenvalue weighted by Crippen LogP contribution is 2.24. The van der Waals surface area contributed by atoms with Gasteiger partial charge in [-0.15, -0.1) is 5.10 Å². The Morgan fingerprint density at radius 2 is 1.82 bits per heavy atom. The highest BCUT2D eigenvalue weighted by molar-refractivity contribution is 5.59. The molecule has 2 heterocycles. The molecule has 150 valence electrons. The molecule has 0 amide bonds. The first-order valence-corrected chi connectivity index (χ1v) is 7.63. The van der Waals surface area contributed by atoms with Gasteiger partial charge in [0.2, 0.25) is 0 Å². The number of benzene rings is 1. The van der Waals surface area contributed by atoms with Gasteiger partial charge in [-0.2, -0.15) is 9.50 Å². The van der Waals surface area contributed by atoms with E-state index in [0.29, 0.717) is 17.3 Å². The van der Waals surface area contributed by atoms with Gasteiger partial charge in [0, 0.05) is 18.3 Å². The Labute approximate surface area is 153 Å². The van der Waals surface area contributed by atoms with Crippen molar-refractivity contribution in [1.82, 2.24) is 30.2 Å². The standard InChI is InChI=1S/C14H12F6N8/c1-7(15)6-25(28(19)20)27(21)12-2-3-22-14-23-13(24-26(12)14)8-4-10(17)11(18)5-9(8)16/h2-5,7H,6,21H2,1H3. The summed E-state index contributed by atoms with van der Waals surface area (Å²) >= 11 is 0. The number of rotatable bonds is 6. The Hall–Kier alpha value is -2.97. The van der Waals surface area contributed by atoms with E-state index >= 15 is 0 Å². The van der Waals surface area contributed by atoms with E-state index in [9.17, 15) is 26.5 Å². The second-order valence-electron chi connectivity index (χ2n) is 5.59. The van der Waals surface area contributed by atoms with Crippen molar-refractivity contribution in [2.45, 2.75) is 13.1 Å². The molecule has 28 heavy (non-hydrogen) atoms. The maximum Gasteiger partial charge on any atom is 0.254 e. The Balaban J connectivity index is 2.08. The number of hydrogen-bond acceptors (Lipinski definition) is 7. The van der Waals surface area contributed by atoms with Crippen LogP contribution in [0.4, 0.5) is 32.3 Å². The Morgan fingerprint density at radius 3 is 2.46 bits per heavy atom. The summed E-state index contributed by atoms with van der Waals surface area (Å²) in [5.41, 5.74) is -1.92. The highest BCUT2D eigenvalue weighted by atomic mass is 19.4. The Morgan fingerprint density at radius 1 is 1.14 bits per heavy atom. The van der Waals surface area contributed by atoms with Crippen LogP contribution in [0.5, 0.6) is 0 Å². The summed E-state index contributed by atoms with van der Waals surface area (Å²) in [5.74, 6) is 0.919. The average Bonchev–Trinajstić information content (AvgIpc) is 3.05. The third-order valence-electron chi connectivity index (χ3n) is 3.54. The largest absolute Gasteiger partial charge is 0.254 e. The number of aromatic nitrogens is 4. The third-order valence-corrected chi connectivity index (χ3v) is 3.54.